The van der Waals surface area contributed by atoms with Crippen LogP contribution in [0.4, 0.5) is 0 Å². The number of hydrogen-bond donors (Lipinski definition) is 1. The number of ether oxygens (including phenoxy) is 1. The summed E-state index contributed by atoms with van der Waals surface area (Å²) < 4.78 is 4.39. The van der Waals surface area contributed by atoms with Gasteiger partial charge >= 0.3 is 0 Å². The first-order valence-corrected chi connectivity index (χ1v) is 6.57. The molecule has 0 radical (unpaired) electrons. The van der Waals surface area contributed by atoms with Crippen molar-refractivity contribution in [3.63, 3.8) is 0 Å². The molecule has 18 heavy (non-hydrogen) atoms. The van der Waals surface area contributed by atoms with Gasteiger partial charge in [-0.2, -0.15) is 0 Å². The van der Waals surface area contributed by atoms with Crippen LogP contribution in [0, 0.1) is 5.92 Å². The number of alkyl halides is 2. The average molecular weight is 288 g/mol. The molecular formula is C13H15Cl2NO2. The summed E-state index contributed by atoms with van der Waals surface area (Å²) in [5, 5.41) is 2.84. The summed E-state index contributed by atoms with van der Waals surface area (Å²) in [6.07, 6.45) is 1.26. The van der Waals surface area contributed by atoms with Gasteiger partial charge in [-0.15, -0.1) is 23.2 Å². The summed E-state index contributed by atoms with van der Waals surface area (Å²) in [5.74, 6) is 0.496. The maximum atomic E-state index is 11.7. The van der Waals surface area contributed by atoms with Gasteiger partial charge in [-0.3, -0.25) is 4.79 Å². The van der Waals surface area contributed by atoms with Gasteiger partial charge in [0, 0.05) is 6.54 Å². The molecule has 1 aliphatic carbocycles. The number of hydrogen-bond acceptors (Lipinski definition) is 2. The highest BCUT2D eigenvalue weighted by Crippen LogP contribution is 2.53. The Balaban J connectivity index is 1.80. The predicted octanol–water partition coefficient (Wildman–Crippen LogP) is 2.55. The van der Waals surface area contributed by atoms with E-state index in [9.17, 15) is 4.79 Å². The number of para-hydroxylation sites is 1. The quantitative estimate of drug-likeness (QED) is 0.846. The molecule has 1 N–H and O–H groups in total. The second-order valence-electron chi connectivity index (χ2n) is 4.37. The van der Waals surface area contributed by atoms with E-state index >= 15 is 0 Å². The molecule has 1 fully saturated rings. The number of carbonyl (C=O) groups excluding carboxylic acids is 1. The predicted molar refractivity (Wildman–Crippen MR) is 72.3 cm³/mol. The smallest absolute Gasteiger partial charge is 0.226 e. The zero-order chi connectivity index (χ0) is 13.2. The zero-order valence-electron chi connectivity index (χ0n) is 10.1. The molecule has 3 nitrogen and oxygen atoms in total. The first-order valence-electron chi connectivity index (χ1n) is 5.82. The van der Waals surface area contributed by atoms with Gasteiger partial charge in [-0.25, -0.2) is 0 Å². The number of methoxy groups -OCH3 is 1. The van der Waals surface area contributed by atoms with E-state index in [0.29, 0.717) is 13.0 Å². The SMILES string of the molecule is COc1ccccc1CCNC(=O)C1CC1(Cl)Cl. The van der Waals surface area contributed by atoms with Crippen LogP contribution in [0.25, 0.3) is 0 Å². The molecule has 1 unspecified atom stereocenters. The van der Waals surface area contributed by atoms with Crippen LogP contribution in [0.3, 0.4) is 0 Å². The summed E-state index contributed by atoms with van der Waals surface area (Å²) in [5.41, 5.74) is 1.07. The highest BCUT2D eigenvalue weighted by atomic mass is 35.5. The third-order valence-corrected chi connectivity index (χ3v) is 3.86. The fraction of sp³-hybridized carbons (Fsp3) is 0.462. The Bertz CT molecular complexity index is 448. The molecule has 1 saturated carbocycles. The highest BCUT2D eigenvalue weighted by Gasteiger charge is 2.56. The number of carbonyl (C=O) groups is 1. The topological polar surface area (TPSA) is 38.3 Å². The van der Waals surface area contributed by atoms with Gasteiger partial charge in [0.05, 0.1) is 13.0 Å². The van der Waals surface area contributed by atoms with Gasteiger partial charge in [0.15, 0.2) is 0 Å². The third kappa shape index (κ3) is 3.09. The number of rotatable bonds is 5. The van der Waals surface area contributed by atoms with E-state index in [2.05, 4.69) is 5.32 Å². The maximum absolute atomic E-state index is 11.7. The first-order chi connectivity index (χ1) is 8.54. The van der Waals surface area contributed by atoms with Crippen molar-refractivity contribution in [1.29, 1.82) is 0 Å². The number of benzene rings is 1. The molecule has 1 amide bonds. The van der Waals surface area contributed by atoms with E-state index in [0.717, 1.165) is 17.7 Å². The van der Waals surface area contributed by atoms with Crippen LogP contribution in [0.2, 0.25) is 0 Å². The Kier molecular flexibility index (Phi) is 4.03. The van der Waals surface area contributed by atoms with Crippen molar-refractivity contribution in [2.75, 3.05) is 13.7 Å². The monoisotopic (exact) mass is 287 g/mol. The van der Waals surface area contributed by atoms with Gasteiger partial charge in [-0.1, -0.05) is 18.2 Å². The molecule has 5 heteroatoms. The summed E-state index contributed by atoms with van der Waals surface area (Å²) in [7, 11) is 1.64. The molecule has 98 valence electrons. The van der Waals surface area contributed by atoms with Gasteiger partial charge in [0.1, 0.15) is 10.1 Å². The molecule has 0 heterocycles. The van der Waals surface area contributed by atoms with Crippen LogP contribution in [0.1, 0.15) is 12.0 Å². The molecule has 1 atom stereocenters. The van der Waals surface area contributed by atoms with Gasteiger partial charge < -0.3 is 10.1 Å². The van der Waals surface area contributed by atoms with E-state index in [1.165, 1.54) is 0 Å². The van der Waals surface area contributed by atoms with Crippen LogP contribution >= 0.6 is 23.2 Å². The Hall–Kier alpha value is -0.930. The molecule has 0 saturated heterocycles. The third-order valence-electron chi connectivity index (χ3n) is 3.03. The summed E-state index contributed by atoms with van der Waals surface area (Å²) in [6.45, 7) is 0.555. The summed E-state index contributed by atoms with van der Waals surface area (Å²) in [6, 6.07) is 7.75. The second-order valence-corrected chi connectivity index (χ2v) is 5.91. The van der Waals surface area contributed by atoms with Crippen molar-refractivity contribution in [3.05, 3.63) is 29.8 Å². The molecule has 0 spiro atoms. The van der Waals surface area contributed by atoms with Gasteiger partial charge in [0.2, 0.25) is 5.91 Å². The largest absolute Gasteiger partial charge is 0.496 e. The highest BCUT2D eigenvalue weighted by molar-refractivity contribution is 6.52. The fourth-order valence-electron chi connectivity index (χ4n) is 1.85. The molecule has 1 aromatic rings. The number of amides is 1. The van der Waals surface area contributed by atoms with Gasteiger partial charge in [0.25, 0.3) is 0 Å². The van der Waals surface area contributed by atoms with E-state index in [4.69, 9.17) is 27.9 Å². The summed E-state index contributed by atoms with van der Waals surface area (Å²) in [4.78, 5) is 11.7. The summed E-state index contributed by atoms with van der Waals surface area (Å²) >= 11 is 11.7. The molecule has 1 aromatic carbocycles. The standard InChI is InChI=1S/C13H15Cl2NO2/c1-18-11-5-3-2-4-9(11)6-7-16-12(17)10-8-13(10,14)15/h2-5,10H,6-8H2,1H3,(H,16,17). The van der Waals surface area contributed by atoms with Crippen LogP contribution in [-0.2, 0) is 11.2 Å². The van der Waals surface area contributed by atoms with Gasteiger partial charge in [-0.05, 0) is 24.5 Å². The van der Waals surface area contributed by atoms with E-state index < -0.39 is 4.33 Å². The van der Waals surface area contributed by atoms with E-state index in [1.54, 1.807) is 7.11 Å². The maximum Gasteiger partial charge on any atom is 0.226 e. The minimum Gasteiger partial charge on any atom is -0.496 e. The van der Waals surface area contributed by atoms with Crippen molar-refractivity contribution in [2.45, 2.75) is 17.2 Å². The Labute approximate surface area is 116 Å². The lowest BCUT2D eigenvalue weighted by molar-refractivity contribution is -0.122. The Morgan fingerprint density at radius 3 is 2.78 bits per heavy atom. The zero-order valence-corrected chi connectivity index (χ0v) is 11.6. The van der Waals surface area contributed by atoms with Crippen molar-refractivity contribution in [3.8, 4) is 5.75 Å². The van der Waals surface area contributed by atoms with Crippen LogP contribution in [0.5, 0.6) is 5.75 Å². The van der Waals surface area contributed by atoms with E-state index in [-0.39, 0.29) is 11.8 Å². The lowest BCUT2D eigenvalue weighted by Gasteiger charge is -2.09. The second kappa shape index (κ2) is 5.37. The van der Waals surface area contributed by atoms with Crippen molar-refractivity contribution in [2.24, 2.45) is 5.92 Å². The lowest BCUT2D eigenvalue weighted by Crippen LogP contribution is -2.28. The minimum atomic E-state index is -0.853. The van der Waals surface area contributed by atoms with Crippen LogP contribution in [-0.4, -0.2) is 23.9 Å². The molecule has 0 aromatic heterocycles. The van der Waals surface area contributed by atoms with Crippen molar-refractivity contribution in [1.82, 2.24) is 5.32 Å². The van der Waals surface area contributed by atoms with Crippen molar-refractivity contribution >= 4 is 29.1 Å². The van der Waals surface area contributed by atoms with Crippen molar-refractivity contribution < 1.29 is 9.53 Å². The number of halogens is 2. The number of nitrogens with one attached hydrogen (secondary N) is 1. The average Bonchev–Trinajstić information content (AvgIpc) is 2.99. The van der Waals surface area contributed by atoms with Crippen LogP contribution < -0.4 is 10.1 Å². The molecule has 0 aliphatic heterocycles. The molecule has 2 rings (SSSR count). The van der Waals surface area contributed by atoms with E-state index in [1.807, 2.05) is 24.3 Å². The Morgan fingerprint density at radius 2 is 2.17 bits per heavy atom. The fourth-order valence-corrected chi connectivity index (χ4v) is 2.36. The molecular weight excluding hydrogens is 273 g/mol. The van der Waals surface area contributed by atoms with Crippen LogP contribution in [0.15, 0.2) is 24.3 Å². The molecule has 0 bridgehead atoms. The minimum absolute atomic E-state index is 0.0742. The molecule has 1 aliphatic rings. The Morgan fingerprint density at radius 1 is 1.50 bits per heavy atom. The first kappa shape index (κ1) is 13.5. The normalized spacial score (nSPS) is 20.3. The lowest BCUT2D eigenvalue weighted by atomic mass is 10.1.